The number of hydrogen-bond donors (Lipinski definition) is 2. The minimum absolute atomic E-state index is 0.133. The van der Waals surface area contributed by atoms with Crippen molar-refractivity contribution in [1.29, 1.82) is 0 Å². The quantitative estimate of drug-likeness (QED) is 0.821. The summed E-state index contributed by atoms with van der Waals surface area (Å²) in [6, 6.07) is 5.35. The lowest BCUT2D eigenvalue weighted by Crippen LogP contribution is -2.16. The van der Waals surface area contributed by atoms with Crippen LogP contribution in [0.4, 0.5) is 11.4 Å². The number of fused-ring (bicyclic) bond motifs is 1. The van der Waals surface area contributed by atoms with Crippen LogP contribution in [-0.2, 0) is 4.79 Å². The lowest BCUT2D eigenvalue weighted by atomic mass is 10.0. The largest absolute Gasteiger partial charge is 0.497 e. The number of ether oxygens (including phenoxy) is 1. The summed E-state index contributed by atoms with van der Waals surface area (Å²) < 4.78 is 5.10. The maximum absolute atomic E-state index is 12.2. The van der Waals surface area contributed by atoms with Crippen molar-refractivity contribution in [3.05, 3.63) is 18.2 Å². The lowest BCUT2D eigenvalue weighted by Gasteiger charge is -2.09. The summed E-state index contributed by atoms with van der Waals surface area (Å²) in [5, 5.41) is 2.96. The smallest absolute Gasteiger partial charge is 0.228 e. The summed E-state index contributed by atoms with van der Waals surface area (Å²) in [5.41, 5.74) is 7.16. The molecule has 4 nitrogen and oxygen atoms in total. The molecule has 0 heterocycles. The minimum atomic E-state index is 0.133. The first-order valence-electron chi connectivity index (χ1n) is 6.95. The molecule has 0 aliphatic heterocycles. The fourth-order valence-corrected chi connectivity index (χ4v) is 3.38. The number of carbonyl (C=O) groups excluding carboxylic acids is 1. The highest BCUT2D eigenvalue weighted by Crippen LogP contribution is 2.55. The molecule has 2 unspecified atom stereocenters. The van der Waals surface area contributed by atoms with Crippen molar-refractivity contribution in [2.75, 3.05) is 18.2 Å². The Balaban J connectivity index is 1.67. The molecule has 2 atom stereocenters. The SMILES string of the molecule is COc1ccc(NC(=O)C2C3CCCCC32)c(N)c1. The minimum Gasteiger partial charge on any atom is -0.497 e. The second-order valence-corrected chi connectivity index (χ2v) is 5.58. The number of carbonyl (C=O) groups is 1. The molecule has 4 heteroatoms. The number of nitrogens with two attached hydrogens (primary N) is 1. The average molecular weight is 260 g/mol. The van der Waals surface area contributed by atoms with Gasteiger partial charge in [-0.15, -0.1) is 0 Å². The Bertz CT molecular complexity index is 489. The van der Waals surface area contributed by atoms with Crippen LogP contribution in [0.1, 0.15) is 25.7 Å². The first-order valence-corrected chi connectivity index (χ1v) is 6.95. The van der Waals surface area contributed by atoms with Crippen molar-refractivity contribution < 1.29 is 9.53 Å². The second kappa shape index (κ2) is 4.76. The third-order valence-corrected chi connectivity index (χ3v) is 4.48. The average Bonchev–Trinajstić information content (AvgIpc) is 3.15. The molecule has 0 spiro atoms. The van der Waals surface area contributed by atoms with E-state index in [2.05, 4.69) is 5.32 Å². The van der Waals surface area contributed by atoms with Crippen molar-refractivity contribution in [2.24, 2.45) is 17.8 Å². The van der Waals surface area contributed by atoms with E-state index in [1.54, 1.807) is 19.2 Å². The Morgan fingerprint density at radius 2 is 2.00 bits per heavy atom. The maximum Gasteiger partial charge on any atom is 0.228 e. The van der Waals surface area contributed by atoms with Gasteiger partial charge >= 0.3 is 0 Å². The van der Waals surface area contributed by atoms with Crippen LogP contribution in [-0.4, -0.2) is 13.0 Å². The normalized spacial score (nSPS) is 28.4. The first kappa shape index (κ1) is 12.3. The van der Waals surface area contributed by atoms with Crippen LogP contribution < -0.4 is 15.8 Å². The molecule has 3 N–H and O–H groups in total. The molecular formula is C15H20N2O2. The van der Waals surface area contributed by atoms with Gasteiger partial charge in [-0.25, -0.2) is 0 Å². The molecule has 102 valence electrons. The van der Waals surface area contributed by atoms with Crippen molar-refractivity contribution in [2.45, 2.75) is 25.7 Å². The second-order valence-electron chi connectivity index (χ2n) is 5.58. The summed E-state index contributed by atoms with van der Waals surface area (Å²) in [4.78, 5) is 12.2. The molecule has 0 bridgehead atoms. The predicted octanol–water partition coefficient (Wildman–Crippen LogP) is 2.65. The molecule has 2 aliphatic carbocycles. The van der Waals surface area contributed by atoms with Crippen molar-refractivity contribution >= 4 is 17.3 Å². The van der Waals surface area contributed by atoms with E-state index in [9.17, 15) is 4.79 Å². The highest BCUT2D eigenvalue weighted by atomic mass is 16.5. The van der Waals surface area contributed by atoms with Crippen LogP contribution in [0, 0.1) is 17.8 Å². The highest BCUT2D eigenvalue weighted by molar-refractivity contribution is 5.97. The monoisotopic (exact) mass is 260 g/mol. The zero-order chi connectivity index (χ0) is 13.4. The number of anilines is 2. The fourth-order valence-electron chi connectivity index (χ4n) is 3.38. The van der Waals surface area contributed by atoms with Crippen LogP contribution in [0.25, 0.3) is 0 Å². The van der Waals surface area contributed by atoms with Gasteiger partial charge < -0.3 is 15.8 Å². The van der Waals surface area contributed by atoms with Gasteiger partial charge in [-0.05, 0) is 36.8 Å². The van der Waals surface area contributed by atoms with Gasteiger partial charge in [-0.3, -0.25) is 4.79 Å². The standard InChI is InChI=1S/C15H20N2O2/c1-19-9-6-7-13(12(16)8-9)17-15(18)14-10-4-2-3-5-11(10)14/h6-8,10-11,14H,2-5,16H2,1H3,(H,17,18). The molecule has 2 saturated carbocycles. The summed E-state index contributed by atoms with van der Waals surface area (Å²) in [6.45, 7) is 0. The van der Waals surface area contributed by atoms with E-state index in [1.165, 1.54) is 25.7 Å². The highest BCUT2D eigenvalue weighted by Gasteiger charge is 2.54. The lowest BCUT2D eigenvalue weighted by molar-refractivity contribution is -0.117. The Labute approximate surface area is 113 Å². The van der Waals surface area contributed by atoms with Crippen LogP contribution >= 0.6 is 0 Å². The zero-order valence-corrected chi connectivity index (χ0v) is 11.2. The number of nitrogen functional groups attached to an aromatic ring is 1. The fraction of sp³-hybridized carbons (Fsp3) is 0.533. The van der Waals surface area contributed by atoms with Crippen LogP contribution in [0.5, 0.6) is 5.75 Å². The van der Waals surface area contributed by atoms with Crippen LogP contribution in [0.15, 0.2) is 18.2 Å². The number of nitrogens with one attached hydrogen (secondary N) is 1. The zero-order valence-electron chi connectivity index (χ0n) is 11.2. The number of rotatable bonds is 3. The van der Waals surface area contributed by atoms with Crippen molar-refractivity contribution in [3.8, 4) is 5.75 Å². The molecular weight excluding hydrogens is 240 g/mol. The molecule has 1 aromatic rings. The van der Waals surface area contributed by atoms with Gasteiger partial charge in [0.05, 0.1) is 18.5 Å². The van der Waals surface area contributed by atoms with Crippen LogP contribution in [0.2, 0.25) is 0 Å². The molecule has 1 aromatic carbocycles. The molecule has 19 heavy (non-hydrogen) atoms. The third kappa shape index (κ3) is 2.27. The van der Waals surface area contributed by atoms with Gasteiger partial charge in [0.1, 0.15) is 5.75 Å². The Morgan fingerprint density at radius 3 is 2.58 bits per heavy atom. The molecule has 2 fully saturated rings. The number of benzene rings is 1. The maximum atomic E-state index is 12.2. The van der Waals surface area contributed by atoms with Gasteiger partial charge in [0, 0.05) is 12.0 Å². The van der Waals surface area contributed by atoms with E-state index in [-0.39, 0.29) is 11.8 Å². The Hall–Kier alpha value is -1.71. The molecule has 1 amide bonds. The molecule has 3 rings (SSSR count). The van der Waals surface area contributed by atoms with Gasteiger partial charge in [0.2, 0.25) is 5.91 Å². The summed E-state index contributed by atoms with van der Waals surface area (Å²) >= 11 is 0. The summed E-state index contributed by atoms with van der Waals surface area (Å²) in [7, 11) is 1.60. The van der Waals surface area contributed by atoms with E-state index in [4.69, 9.17) is 10.5 Å². The third-order valence-electron chi connectivity index (χ3n) is 4.48. The van der Waals surface area contributed by atoms with E-state index < -0.39 is 0 Å². The number of hydrogen-bond acceptors (Lipinski definition) is 3. The molecule has 0 aromatic heterocycles. The van der Waals surface area contributed by atoms with Gasteiger partial charge in [0.25, 0.3) is 0 Å². The molecule has 0 radical (unpaired) electrons. The first-order chi connectivity index (χ1) is 9.20. The van der Waals surface area contributed by atoms with E-state index in [0.717, 1.165) is 0 Å². The number of methoxy groups -OCH3 is 1. The molecule has 0 saturated heterocycles. The van der Waals surface area contributed by atoms with Crippen molar-refractivity contribution in [1.82, 2.24) is 0 Å². The van der Waals surface area contributed by atoms with Crippen LogP contribution in [0.3, 0.4) is 0 Å². The topological polar surface area (TPSA) is 64.3 Å². The molecule has 2 aliphatic rings. The Kier molecular flexibility index (Phi) is 3.09. The number of amides is 1. The van der Waals surface area contributed by atoms with E-state index in [0.29, 0.717) is 29.0 Å². The predicted molar refractivity (Wildman–Crippen MR) is 75.0 cm³/mol. The van der Waals surface area contributed by atoms with E-state index in [1.807, 2.05) is 6.07 Å². The summed E-state index contributed by atoms with van der Waals surface area (Å²) in [5.74, 6) is 2.29. The van der Waals surface area contributed by atoms with Crippen molar-refractivity contribution in [3.63, 3.8) is 0 Å². The van der Waals surface area contributed by atoms with Gasteiger partial charge in [-0.1, -0.05) is 12.8 Å². The van der Waals surface area contributed by atoms with Gasteiger partial charge in [-0.2, -0.15) is 0 Å². The summed E-state index contributed by atoms with van der Waals surface area (Å²) in [6.07, 6.45) is 4.97. The van der Waals surface area contributed by atoms with E-state index >= 15 is 0 Å². The Morgan fingerprint density at radius 1 is 1.32 bits per heavy atom. The van der Waals surface area contributed by atoms with Gasteiger partial charge in [0.15, 0.2) is 0 Å².